The van der Waals surface area contributed by atoms with E-state index in [0.717, 1.165) is 12.1 Å². The van der Waals surface area contributed by atoms with Gasteiger partial charge in [-0.15, -0.1) is 0 Å². The molecule has 164 valence electrons. The third-order valence-corrected chi connectivity index (χ3v) is 5.38. The first-order valence-electron chi connectivity index (χ1n) is 9.41. The number of ketones is 2. The highest BCUT2D eigenvalue weighted by Gasteiger charge is 2.45. The standard InChI is InChI=1S/C21H20O10/c1-7-2-9-15(18(27)14-10(16(9)25)4-8(23)5-11(14)24)12(3-7)30-21-20(29)19(28)17(26)13(6-22)31-21/h2-5,13,17,19-24,26,28-29H,6H2,1H3/t13-,17-,19+,20-,21?/m1/s1. The lowest BCUT2D eigenvalue weighted by atomic mass is 9.82. The molecule has 1 heterocycles. The summed E-state index contributed by atoms with van der Waals surface area (Å²) in [7, 11) is 0. The summed E-state index contributed by atoms with van der Waals surface area (Å²) in [5.74, 6) is -2.50. The van der Waals surface area contributed by atoms with Crippen molar-refractivity contribution in [3.63, 3.8) is 0 Å². The largest absolute Gasteiger partial charge is 0.508 e. The van der Waals surface area contributed by atoms with Gasteiger partial charge in [0.2, 0.25) is 12.1 Å². The molecule has 0 saturated carbocycles. The maximum atomic E-state index is 13.2. The lowest BCUT2D eigenvalue weighted by Crippen LogP contribution is -2.60. The molecular formula is C21H20O10. The van der Waals surface area contributed by atoms with E-state index >= 15 is 0 Å². The molecule has 0 spiro atoms. The Morgan fingerprint density at radius 3 is 2.26 bits per heavy atom. The summed E-state index contributed by atoms with van der Waals surface area (Å²) in [4.78, 5) is 26.2. The smallest absolute Gasteiger partial charge is 0.229 e. The van der Waals surface area contributed by atoms with Crippen LogP contribution >= 0.6 is 0 Å². The number of aryl methyl sites for hydroxylation is 1. The van der Waals surface area contributed by atoms with E-state index in [9.17, 15) is 40.2 Å². The van der Waals surface area contributed by atoms with Crippen molar-refractivity contribution in [1.82, 2.24) is 0 Å². The molecule has 2 aliphatic rings. The average Bonchev–Trinajstić information content (AvgIpc) is 2.71. The van der Waals surface area contributed by atoms with Crippen molar-refractivity contribution in [2.24, 2.45) is 0 Å². The quantitative estimate of drug-likeness (QED) is 0.312. The first-order valence-corrected chi connectivity index (χ1v) is 9.41. The third kappa shape index (κ3) is 3.34. The highest BCUT2D eigenvalue weighted by molar-refractivity contribution is 6.30. The number of hydrogen-bond donors (Lipinski definition) is 6. The molecule has 6 N–H and O–H groups in total. The summed E-state index contributed by atoms with van der Waals surface area (Å²) in [6, 6.07) is 4.87. The van der Waals surface area contributed by atoms with Crippen LogP contribution in [0.3, 0.4) is 0 Å². The van der Waals surface area contributed by atoms with Crippen molar-refractivity contribution in [3.05, 3.63) is 52.1 Å². The summed E-state index contributed by atoms with van der Waals surface area (Å²) in [6.45, 7) is 0.965. The van der Waals surface area contributed by atoms with Crippen LogP contribution in [0.2, 0.25) is 0 Å². The summed E-state index contributed by atoms with van der Waals surface area (Å²) in [6.07, 6.45) is -7.80. The van der Waals surface area contributed by atoms with Gasteiger partial charge in [-0.25, -0.2) is 0 Å². The van der Waals surface area contributed by atoms with Crippen LogP contribution < -0.4 is 4.74 Å². The molecule has 10 heteroatoms. The molecule has 0 bridgehead atoms. The molecule has 0 amide bonds. The van der Waals surface area contributed by atoms with Crippen LogP contribution in [-0.2, 0) is 4.74 Å². The number of benzene rings is 2. The zero-order valence-electron chi connectivity index (χ0n) is 16.2. The molecule has 10 nitrogen and oxygen atoms in total. The fourth-order valence-electron chi connectivity index (χ4n) is 3.85. The van der Waals surface area contributed by atoms with Crippen LogP contribution in [0.4, 0.5) is 0 Å². The Morgan fingerprint density at radius 2 is 1.58 bits per heavy atom. The minimum Gasteiger partial charge on any atom is -0.508 e. The second kappa shape index (κ2) is 7.59. The summed E-state index contributed by atoms with van der Waals surface area (Å²) in [5.41, 5.74) is -0.187. The number of phenols is 2. The van der Waals surface area contributed by atoms with E-state index in [-0.39, 0.29) is 33.8 Å². The molecule has 1 aliphatic heterocycles. The van der Waals surface area contributed by atoms with Gasteiger partial charge in [0.05, 0.1) is 17.7 Å². The Kier molecular flexibility index (Phi) is 5.20. The van der Waals surface area contributed by atoms with Gasteiger partial charge < -0.3 is 40.1 Å². The molecule has 5 atom stereocenters. The molecule has 2 aromatic carbocycles. The van der Waals surface area contributed by atoms with Crippen LogP contribution in [0.1, 0.15) is 37.4 Å². The van der Waals surface area contributed by atoms with Gasteiger partial charge in [0.25, 0.3) is 0 Å². The van der Waals surface area contributed by atoms with Crippen molar-refractivity contribution in [1.29, 1.82) is 0 Å². The van der Waals surface area contributed by atoms with Gasteiger partial charge >= 0.3 is 0 Å². The molecule has 1 unspecified atom stereocenters. The van der Waals surface area contributed by atoms with E-state index in [1.807, 2.05) is 0 Å². The van der Waals surface area contributed by atoms with E-state index < -0.39 is 54.6 Å². The van der Waals surface area contributed by atoms with E-state index in [4.69, 9.17) is 9.47 Å². The topological polar surface area (TPSA) is 174 Å². The second-order valence-electron chi connectivity index (χ2n) is 7.55. The van der Waals surface area contributed by atoms with Gasteiger partial charge in [-0.05, 0) is 30.7 Å². The number of aliphatic hydroxyl groups excluding tert-OH is 4. The van der Waals surface area contributed by atoms with Gasteiger partial charge in [-0.1, -0.05) is 0 Å². The second-order valence-corrected chi connectivity index (χ2v) is 7.55. The lowest BCUT2D eigenvalue weighted by molar-refractivity contribution is -0.277. The Balaban J connectivity index is 1.79. The number of carbonyl (C=O) groups is 2. The molecule has 31 heavy (non-hydrogen) atoms. The van der Waals surface area contributed by atoms with Crippen LogP contribution in [0, 0.1) is 6.92 Å². The predicted octanol–water partition coefficient (Wildman–Crippen LogP) is -0.640. The van der Waals surface area contributed by atoms with Crippen LogP contribution in [-0.4, -0.2) is 79.5 Å². The van der Waals surface area contributed by atoms with E-state index in [2.05, 4.69) is 0 Å². The predicted molar refractivity (Wildman–Crippen MR) is 102 cm³/mol. The fraction of sp³-hybridized carbons (Fsp3) is 0.333. The summed E-state index contributed by atoms with van der Waals surface area (Å²) < 4.78 is 11.0. The summed E-state index contributed by atoms with van der Waals surface area (Å²) >= 11 is 0. The fourth-order valence-corrected chi connectivity index (χ4v) is 3.85. The number of ether oxygens (including phenoxy) is 2. The first-order chi connectivity index (χ1) is 14.6. The molecule has 0 aromatic heterocycles. The van der Waals surface area contributed by atoms with Gasteiger partial charge in [-0.3, -0.25) is 9.59 Å². The number of rotatable bonds is 3. The van der Waals surface area contributed by atoms with Crippen LogP contribution in [0.5, 0.6) is 17.2 Å². The maximum absolute atomic E-state index is 13.2. The van der Waals surface area contributed by atoms with Crippen LogP contribution in [0.25, 0.3) is 0 Å². The highest BCUT2D eigenvalue weighted by Crippen LogP contribution is 2.40. The third-order valence-electron chi connectivity index (χ3n) is 5.38. The number of aliphatic hydroxyl groups is 4. The molecule has 2 aromatic rings. The Morgan fingerprint density at radius 1 is 0.903 bits per heavy atom. The molecule has 1 saturated heterocycles. The first kappa shape index (κ1) is 21.2. The zero-order valence-corrected chi connectivity index (χ0v) is 16.2. The highest BCUT2D eigenvalue weighted by atomic mass is 16.7. The Hall–Kier alpha value is -3.02. The lowest BCUT2D eigenvalue weighted by Gasteiger charge is -2.39. The number of fused-ring (bicyclic) bond motifs is 2. The van der Waals surface area contributed by atoms with Crippen molar-refractivity contribution >= 4 is 11.6 Å². The van der Waals surface area contributed by atoms with Crippen LogP contribution in [0.15, 0.2) is 24.3 Å². The van der Waals surface area contributed by atoms with E-state index in [1.54, 1.807) is 6.92 Å². The van der Waals surface area contributed by atoms with Crippen molar-refractivity contribution < 1.29 is 49.7 Å². The van der Waals surface area contributed by atoms with Crippen molar-refractivity contribution in [3.8, 4) is 17.2 Å². The monoisotopic (exact) mass is 432 g/mol. The normalized spacial score (nSPS) is 27.6. The van der Waals surface area contributed by atoms with Gasteiger partial charge in [-0.2, -0.15) is 0 Å². The Bertz CT molecular complexity index is 1080. The molecule has 1 fully saturated rings. The number of aromatic hydroxyl groups is 2. The van der Waals surface area contributed by atoms with Crippen molar-refractivity contribution in [2.75, 3.05) is 6.61 Å². The Labute approximate surface area is 175 Å². The number of hydrogen-bond acceptors (Lipinski definition) is 10. The van der Waals surface area contributed by atoms with E-state index in [0.29, 0.717) is 5.56 Å². The minimum absolute atomic E-state index is 0.0397. The number of phenolic OH excluding ortho intramolecular Hbond substituents is 2. The van der Waals surface area contributed by atoms with Gasteiger partial charge in [0.1, 0.15) is 41.7 Å². The minimum atomic E-state index is -1.72. The molecular weight excluding hydrogens is 412 g/mol. The molecule has 4 rings (SSSR count). The van der Waals surface area contributed by atoms with Crippen molar-refractivity contribution in [2.45, 2.75) is 37.6 Å². The average molecular weight is 432 g/mol. The summed E-state index contributed by atoms with van der Waals surface area (Å²) in [5, 5.41) is 59.4. The maximum Gasteiger partial charge on any atom is 0.229 e. The molecule has 0 radical (unpaired) electrons. The number of carbonyl (C=O) groups excluding carboxylic acids is 2. The van der Waals surface area contributed by atoms with Gasteiger partial charge in [0, 0.05) is 17.2 Å². The zero-order chi connectivity index (χ0) is 22.6. The molecule has 1 aliphatic carbocycles. The van der Waals surface area contributed by atoms with E-state index in [1.165, 1.54) is 12.1 Å². The SMILES string of the molecule is Cc1cc(OC2O[C@H](CO)[C@@H](O)[C@H](O)[C@H]2O)c2c(c1)C(=O)c1cc(O)cc(O)c1C2=O. The van der Waals surface area contributed by atoms with Gasteiger partial charge in [0.15, 0.2) is 5.78 Å².